The predicted molar refractivity (Wildman–Crippen MR) is 109 cm³/mol. The van der Waals surface area contributed by atoms with E-state index in [1.54, 1.807) is 12.1 Å². The van der Waals surface area contributed by atoms with Crippen LogP contribution in [0.25, 0.3) is 26.4 Å². The minimum atomic E-state index is -0.265. The third-order valence-electron chi connectivity index (χ3n) is 4.45. The summed E-state index contributed by atoms with van der Waals surface area (Å²) in [6, 6.07) is 12.0. The smallest absolute Gasteiger partial charge is 0.251 e. The Hall–Kier alpha value is -2.77. The number of hydrogen-bond donors (Lipinski definition) is 1. The summed E-state index contributed by atoms with van der Waals surface area (Å²) in [6.45, 7) is 3.88. The quantitative estimate of drug-likeness (QED) is 0.467. The highest BCUT2D eigenvalue weighted by Crippen LogP contribution is 2.30. The summed E-state index contributed by atoms with van der Waals surface area (Å²) in [5.74, 6) is -0.352. The molecule has 5 nitrogen and oxygen atoms in total. The van der Waals surface area contributed by atoms with Gasteiger partial charge in [0.05, 0.1) is 15.9 Å². The van der Waals surface area contributed by atoms with Crippen LogP contribution in [-0.2, 0) is 4.74 Å². The molecule has 0 atom stereocenters. The number of thiazole rings is 1. The normalized spacial score (nSPS) is 11.4. The summed E-state index contributed by atoms with van der Waals surface area (Å²) < 4.78 is 21.4. The number of hydrogen-bond acceptors (Lipinski definition) is 4. The molecule has 4 rings (SSSR count). The Kier molecular flexibility index (Phi) is 5.36. The van der Waals surface area contributed by atoms with Crippen molar-refractivity contribution in [3.05, 3.63) is 60.0 Å². The Morgan fingerprint density at radius 1 is 1.25 bits per heavy atom. The SMILES string of the molecule is CCOCCCNC(=O)c1ccc2c(c1)sc1nc(-c3ccc(F)cc3)cn12. The minimum absolute atomic E-state index is 0.0866. The van der Waals surface area contributed by atoms with Crippen LogP contribution in [0.2, 0.25) is 0 Å². The number of benzene rings is 2. The first-order chi connectivity index (χ1) is 13.7. The van der Waals surface area contributed by atoms with Crippen molar-refractivity contribution in [2.24, 2.45) is 0 Å². The highest BCUT2D eigenvalue weighted by molar-refractivity contribution is 7.23. The zero-order valence-corrected chi connectivity index (χ0v) is 16.3. The fraction of sp³-hybridized carbons (Fsp3) is 0.238. The second-order valence-corrected chi connectivity index (χ2v) is 7.39. The maximum Gasteiger partial charge on any atom is 0.251 e. The van der Waals surface area contributed by atoms with E-state index in [1.165, 1.54) is 23.5 Å². The van der Waals surface area contributed by atoms with Gasteiger partial charge in [0.2, 0.25) is 0 Å². The van der Waals surface area contributed by atoms with Crippen molar-refractivity contribution in [3.8, 4) is 11.3 Å². The van der Waals surface area contributed by atoms with E-state index in [4.69, 9.17) is 4.74 Å². The van der Waals surface area contributed by atoms with Crippen LogP contribution in [-0.4, -0.2) is 35.1 Å². The number of ether oxygens (including phenoxy) is 1. The number of carbonyl (C=O) groups is 1. The van der Waals surface area contributed by atoms with Crippen LogP contribution >= 0.6 is 11.3 Å². The molecule has 144 valence electrons. The molecule has 0 aliphatic rings. The largest absolute Gasteiger partial charge is 0.382 e. The molecule has 1 amide bonds. The molecule has 0 aliphatic heterocycles. The maximum absolute atomic E-state index is 13.1. The van der Waals surface area contributed by atoms with E-state index in [2.05, 4.69) is 10.3 Å². The average molecular weight is 397 g/mol. The zero-order valence-electron chi connectivity index (χ0n) is 15.4. The summed E-state index contributed by atoms with van der Waals surface area (Å²) >= 11 is 1.52. The number of fused-ring (bicyclic) bond motifs is 3. The van der Waals surface area contributed by atoms with Gasteiger partial charge in [0.1, 0.15) is 5.82 Å². The molecule has 0 radical (unpaired) electrons. The van der Waals surface area contributed by atoms with Gasteiger partial charge in [-0.2, -0.15) is 0 Å². The first kappa shape index (κ1) is 18.6. The van der Waals surface area contributed by atoms with Crippen molar-refractivity contribution in [2.45, 2.75) is 13.3 Å². The second kappa shape index (κ2) is 8.08. The maximum atomic E-state index is 13.1. The molecule has 2 heterocycles. The van der Waals surface area contributed by atoms with Gasteiger partial charge in [0, 0.05) is 37.1 Å². The monoisotopic (exact) mass is 397 g/mol. The van der Waals surface area contributed by atoms with Gasteiger partial charge in [0.25, 0.3) is 5.91 Å². The number of nitrogens with one attached hydrogen (secondary N) is 1. The van der Waals surface area contributed by atoms with Crippen molar-refractivity contribution in [3.63, 3.8) is 0 Å². The summed E-state index contributed by atoms with van der Waals surface area (Å²) in [7, 11) is 0. The molecule has 1 N–H and O–H groups in total. The zero-order chi connectivity index (χ0) is 19.5. The van der Waals surface area contributed by atoms with Crippen LogP contribution in [0.4, 0.5) is 4.39 Å². The van der Waals surface area contributed by atoms with Gasteiger partial charge >= 0.3 is 0 Å². The Morgan fingerprint density at radius 3 is 2.86 bits per heavy atom. The highest BCUT2D eigenvalue weighted by Gasteiger charge is 2.13. The molecule has 0 unspecified atom stereocenters. The Bertz CT molecular complexity index is 1120. The van der Waals surface area contributed by atoms with Crippen LogP contribution in [0, 0.1) is 5.82 Å². The van der Waals surface area contributed by atoms with Gasteiger partial charge < -0.3 is 10.1 Å². The van der Waals surface area contributed by atoms with Crippen LogP contribution in [0.1, 0.15) is 23.7 Å². The van der Waals surface area contributed by atoms with E-state index < -0.39 is 0 Å². The average Bonchev–Trinajstić information content (AvgIpc) is 3.25. The lowest BCUT2D eigenvalue weighted by Gasteiger charge is -2.05. The van der Waals surface area contributed by atoms with E-state index in [9.17, 15) is 9.18 Å². The number of rotatable bonds is 7. The number of aromatic nitrogens is 2. The minimum Gasteiger partial charge on any atom is -0.382 e. The molecule has 2 aromatic heterocycles. The van der Waals surface area contributed by atoms with Gasteiger partial charge in [-0.3, -0.25) is 9.20 Å². The lowest BCUT2D eigenvalue weighted by molar-refractivity contribution is 0.0944. The van der Waals surface area contributed by atoms with Crippen molar-refractivity contribution in [2.75, 3.05) is 19.8 Å². The third kappa shape index (κ3) is 3.76. The predicted octanol–water partition coefficient (Wildman–Crippen LogP) is 4.51. The van der Waals surface area contributed by atoms with Crippen LogP contribution in [0.3, 0.4) is 0 Å². The number of imidazole rings is 1. The molecule has 7 heteroatoms. The second-order valence-electron chi connectivity index (χ2n) is 6.38. The molecule has 2 aromatic carbocycles. The number of nitrogens with zero attached hydrogens (tertiary/aromatic N) is 2. The van der Waals surface area contributed by atoms with Gasteiger partial charge in [-0.05, 0) is 55.8 Å². The molecule has 0 bridgehead atoms. The van der Waals surface area contributed by atoms with Gasteiger partial charge in [0.15, 0.2) is 4.96 Å². The summed E-state index contributed by atoms with van der Waals surface area (Å²) in [5.41, 5.74) is 3.29. The molecule has 4 aromatic rings. The van der Waals surface area contributed by atoms with E-state index in [1.807, 2.05) is 35.7 Å². The summed E-state index contributed by atoms with van der Waals surface area (Å²) in [6.07, 6.45) is 2.73. The number of amides is 1. The van der Waals surface area contributed by atoms with Crippen LogP contribution in [0.15, 0.2) is 48.7 Å². The lowest BCUT2D eigenvalue weighted by atomic mass is 10.2. The van der Waals surface area contributed by atoms with Crippen molar-refractivity contribution in [1.29, 1.82) is 0 Å². The lowest BCUT2D eigenvalue weighted by Crippen LogP contribution is -2.25. The Labute approximate surface area is 165 Å². The standard InChI is InChI=1S/C21H20FN3O2S/c1-2-27-11-3-10-23-20(26)15-6-9-18-19(12-15)28-21-24-17(13-25(18)21)14-4-7-16(22)8-5-14/h4-9,12-13H,2-3,10-11H2,1H3,(H,23,26). The van der Waals surface area contributed by atoms with E-state index in [0.717, 1.165) is 32.9 Å². The molecule has 0 aliphatic carbocycles. The third-order valence-corrected chi connectivity index (χ3v) is 5.47. The first-order valence-electron chi connectivity index (χ1n) is 9.19. The molecule has 0 fully saturated rings. The van der Waals surface area contributed by atoms with Gasteiger partial charge in [-0.25, -0.2) is 9.37 Å². The fourth-order valence-electron chi connectivity index (χ4n) is 3.02. The van der Waals surface area contributed by atoms with Crippen molar-refractivity contribution in [1.82, 2.24) is 14.7 Å². The van der Waals surface area contributed by atoms with Gasteiger partial charge in [-0.15, -0.1) is 0 Å². The molecule has 0 spiro atoms. The highest BCUT2D eigenvalue weighted by atomic mass is 32.1. The van der Waals surface area contributed by atoms with Crippen molar-refractivity contribution >= 4 is 32.4 Å². The Balaban J connectivity index is 1.54. The molecule has 0 saturated heterocycles. The number of carbonyl (C=O) groups excluding carboxylic acids is 1. The summed E-state index contributed by atoms with van der Waals surface area (Å²) in [5, 5.41) is 2.92. The molecular weight excluding hydrogens is 377 g/mol. The van der Waals surface area contributed by atoms with E-state index in [-0.39, 0.29) is 11.7 Å². The van der Waals surface area contributed by atoms with Crippen molar-refractivity contribution < 1.29 is 13.9 Å². The topological polar surface area (TPSA) is 55.6 Å². The van der Waals surface area contributed by atoms with Crippen LogP contribution < -0.4 is 5.32 Å². The summed E-state index contributed by atoms with van der Waals surface area (Å²) in [4.78, 5) is 17.8. The van der Waals surface area contributed by atoms with E-state index in [0.29, 0.717) is 25.3 Å². The molecule has 0 saturated carbocycles. The Morgan fingerprint density at radius 2 is 2.07 bits per heavy atom. The van der Waals surface area contributed by atoms with Gasteiger partial charge in [-0.1, -0.05) is 11.3 Å². The van der Waals surface area contributed by atoms with Crippen LogP contribution in [0.5, 0.6) is 0 Å². The number of halogens is 1. The molecular formula is C21H20FN3O2S. The molecule has 28 heavy (non-hydrogen) atoms. The fourth-order valence-corrected chi connectivity index (χ4v) is 4.07. The van der Waals surface area contributed by atoms with E-state index >= 15 is 0 Å². The first-order valence-corrected chi connectivity index (χ1v) is 10.0.